The van der Waals surface area contributed by atoms with Crippen LogP contribution in [-0.2, 0) is 0 Å². The number of hydrogen-bond donors (Lipinski definition) is 2. The molecule has 98 valence electrons. The Morgan fingerprint density at radius 3 is 2.33 bits per heavy atom. The topological polar surface area (TPSA) is 55.1 Å². The molecule has 2 rings (SSSR count). The van der Waals surface area contributed by atoms with Crippen molar-refractivity contribution in [3.63, 3.8) is 0 Å². The van der Waals surface area contributed by atoms with Crippen LogP contribution in [0, 0.1) is 0 Å². The van der Waals surface area contributed by atoms with Gasteiger partial charge in [0, 0.05) is 11.7 Å². The van der Waals surface area contributed by atoms with Crippen LogP contribution in [0.3, 0.4) is 0 Å². The molecule has 1 aromatic rings. The summed E-state index contributed by atoms with van der Waals surface area (Å²) in [7, 11) is 0. The summed E-state index contributed by atoms with van der Waals surface area (Å²) >= 11 is 0. The summed E-state index contributed by atoms with van der Waals surface area (Å²) in [6.45, 7) is 0. The third-order valence-corrected chi connectivity index (χ3v) is 3.65. The van der Waals surface area contributed by atoms with E-state index in [0.717, 1.165) is 12.8 Å². The summed E-state index contributed by atoms with van der Waals surface area (Å²) in [5.74, 6) is -0.0290. The second-order valence-electron chi connectivity index (χ2n) is 5.10. The molecule has 0 aromatic heterocycles. The SMILES string of the molecule is Nc1ccccc1C(=O)NC1CCCCCCC1. The molecule has 18 heavy (non-hydrogen) atoms. The fraction of sp³-hybridized carbons (Fsp3) is 0.533. The van der Waals surface area contributed by atoms with Gasteiger partial charge >= 0.3 is 0 Å². The van der Waals surface area contributed by atoms with E-state index in [2.05, 4.69) is 5.32 Å². The summed E-state index contributed by atoms with van der Waals surface area (Å²) in [5.41, 5.74) is 6.97. The fourth-order valence-corrected chi connectivity index (χ4v) is 2.57. The van der Waals surface area contributed by atoms with Gasteiger partial charge in [-0.15, -0.1) is 0 Å². The molecular formula is C15H22N2O. The monoisotopic (exact) mass is 246 g/mol. The first-order valence-electron chi connectivity index (χ1n) is 6.93. The van der Waals surface area contributed by atoms with Crippen molar-refractivity contribution in [2.24, 2.45) is 0 Å². The Bertz CT molecular complexity index is 395. The number of benzene rings is 1. The van der Waals surface area contributed by atoms with Gasteiger partial charge in [-0.25, -0.2) is 0 Å². The smallest absolute Gasteiger partial charge is 0.253 e. The quantitative estimate of drug-likeness (QED) is 0.788. The van der Waals surface area contributed by atoms with Crippen molar-refractivity contribution in [2.45, 2.75) is 51.0 Å². The van der Waals surface area contributed by atoms with Crippen molar-refractivity contribution in [1.82, 2.24) is 5.32 Å². The largest absolute Gasteiger partial charge is 0.398 e. The molecule has 1 aromatic carbocycles. The van der Waals surface area contributed by atoms with Gasteiger partial charge in [0.2, 0.25) is 0 Å². The van der Waals surface area contributed by atoms with E-state index in [9.17, 15) is 4.79 Å². The number of amides is 1. The lowest BCUT2D eigenvalue weighted by Crippen LogP contribution is -2.35. The second kappa shape index (κ2) is 6.43. The zero-order chi connectivity index (χ0) is 12.8. The van der Waals surface area contributed by atoms with Crippen molar-refractivity contribution < 1.29 is 4.79 Å². The van der Waals surface area contributed by atoms with E-state index in [1.54, 1.807) is 12.1 Å². The maximum Gasteiger partial charge on any atom is 0.253 e. The summed E-state index contributed by atoms with van der Waals surface area (Å²) in [6.07, 6.45) is 8.55. The van der Waals surface area contributed by atoms with Crippen molar-refractivity contribution in [3.05, 3.63) is 29.8 Å². The van der Waals surface area contributed by atoms with Crippen LogP contribution in [0.1, 0.15) is 55.3 Å². The molecule has 0 spiro atoms. The summed E-state index contributed by atoms with van der Waals surface area (Å²) in [4.78, 5) is 12.1. The number of carbonyl (C=O) groups is 1. The van der Waals surface area contributed by atoms with Gasteiger partial charge in [-0.1, -0.05) is 44.2 Å². The van der Waals surface area contributed by atoms with Crippen molar-refractivity contribution >= 4 is 11.6 Å². The van der Waals surface area contributed by atoms with Crippen LogP contribution in [-0.4, -0.2) is 11.9 Å². The predicted molar refractivity (Wildman–Crippen MR) is 74.4 cm³/mol. The van der Waals surface area contributed by atoms with E-state index in [1.165, 1.54) is 32.1 Å². The van der Waals surface area contributed by atoms with Crippen LogP contribution in [0.4, 0.5) is 5.69 Å². The molecule has 3 N–H and O–H groups in total. The van der Waals surface area contributed by atoms with Gasteiger partial charge in [-0.2, -0.15) is 0 Å². The molecule has 1 fully saturated rings. The van der Waals surface area contributed by atoms with Crippen LogP contribution in [0.2, 0.25) is 0 Å². The number of hydrogen-bond acceptors (Lipinski definition) is 2. The molecular weight excluding hydrogens is 224 g/mol. The molecule has 1 aliphatic rings. The molecule has 1 saturated carbocycles. The van der Waals surface area contributed by atoms with Crippen LogP contribution < -0.4 is 11.1 Å². The first-order chi connectivity index (χ1) is 8.77. The minimum absolute atomic E-state index is 0.0290. The Morgan fingerprint density at radius 1 is 1.06 bits per heavy atom. The molecule has 0 atom stereocenters. The van der Waals surface area contributed by atoms with Crippen LogP contribution >= 0.6 is 0 Å². The number of nitrogen functional groups attached to an aromatic ring is 1. The van der Waals surface area contributed by atoms with E-state index in [0.29, 0.717) is 17.3 Å². The van der Waals surface area contributed by atoms with Crippen LogP contribution in [0.15, 0.2) is 24.3 Å². The molecule has 3 heteroatoms. The van der Waals surface area contributed by atoms with Gasteiger partial charge in [-0.3, -0.25) is 4.79 Å². The van der Waals surface area contributed by atoms with Gasteiger partial charge in [0.25, 0.3) is 5.91 Å². The number of para-hydroxylation sites is 1. The van der Waals surface area contributed by atoms with Crippen molar-refractivity contribution in [3.8, 4) is 0 Å². The molecule has 0 heterocycles. The first-order valence-corrected chi connectivity index (χ1v) is 6.93. The van der Waals surface area contributed by atoms with E-state index in [-0.39, 0.29) is 5.91 Å². The minimum Gasteiger partial charge on any atom is -0.398 e. The zero-order valence-electron chi connectivity index (χ0n) is 10.8. The number of nitrogens with one attached hydrogen (secondary N) is 1. The predicted octanol–water partition coefficient (Wildman–Crippen LogP) is 3.11. The highest BCUT2D eigenvalue weighted by Gasteiger charge is 2.16. The highest BCUT2D eigenvalue weighted by atomic mass is 16.1. The van der Waals surface area contributed by atoms with E-state index in [1.807, 2.05) is 12.1 Å². The van der Waals surface area contributed by atoms with Gasteiger partial charge in [-0.05, 0) is 25.0 Å². The number of carbonyl (C=O) groups excluding carboxylic acids is 1. The lowest BCUT2D eigenvalue weighted by molar-refractivity contribution is 0.0931. The highest BCUT2D eigenvalue weighted by Crippen LogP contribution is 2.18. The van der Waals surface area contributed by atoms with Crippen molar-refractivity contribution in [1.29, 1.82) is 0 Å². The zero-order valence-corrected chi connectivity index (χ0v) is 10.8. The average Bonchev–Trinajstić information content (AvgIpc) is 2.33. The average molecular weight is 246 g/mol. The molecule has 0 unspecified atom stereocenters. The van der Waals surface area contributed by atoms with Crippen molar-refractivity contribution in [2.75, 3.05) is 5.73 Å². The number of anilines is 1. The maximum absolute atomic E-state index is 12.1. The summed E-state index contributed by atoms with van der Waals surface area (Å²) in [6, 6.07) is 7.57. The minimum atomic E-state index is -0.0290. The van der Waals surface area contributed by atoms with Gasteiger partial charge in [0.05, 0.1) is 5.56 Å². The van der Waals surface area contributed by atoms with E-state index >= 15 is 0 Å². The Hall–Kier alpha value is -1.51. The number of rotatable bonds is 2. The Labute approximate surface area is 109 Å². The molecule has 0 bridgehead atoms. The van der Waals surface area contributed by atoms with Crippen LogP contribution in [0.5, 0.6) is 0 Å². The molecule has 3 nitrogen and oxygen atoms in total. The third kappa shape index (κ3) is 3.49. The fourth-order valence-electron chi connectivity index (χ4n) is 2.57. The Morgan fingerprint density at radius 2 is 1.67 bits per heavy atom. The summed E-state index contributed by atoms with van der Waals surface area (Å²) < 4.78 is 0. The van der Waals surface area contributed by atoms with Gasteiger partial charge in [0.1, 0.15) is 0 Å². The summed E-state index contributed by atoms with van der Waals surface area (Å²) in [5, 5.41) is 3.12. The standard InChI is InChI=1S/C15H22N2O/c16-14-11-7-6-10-13(14)15(18)17-12-8-4-2-1-3-5-9-12/h6-7,10-12H,1-5,8-9,16H2,(H,17,18). The Balaban J connectivity index is 1.95. The second-order valence-corrected chi connectivity index (χ2v) is 5.10. The van der Waals surface area contributed by atoms with E-state index in [4.69, 9.17) is 5.73 Å². The highest BCUT2D eigenvalue weighted by molar-refractivity contribution is 5.99. The molecule has 1 aliphatic carbocycles. The normalized spacial score (nSPS) is 17.8. The Kier molecular flexibility index (Phi) is 4.62. The molecule has 0 saturated heterocycles. The maximum atomic E-state index is 12.1. The lowest BCUT2D eigenvalue weighted by Gasteiger charge is -2.21. The molecule has 0 radical (unpaired) electrons. The molecule has 0 aliphatic heterocycles. The van der Waals surface area contributed by atoms with E-state index < -0.39 is 0 Å². The lowest BCUT2D eigenvalue weighted by atomic mass is 9.96. The molecule has 1 amide bonds. The van der Waals surface area contributed by atoms with Gasteiger partial charge < -0.3 is 11.1 Å². The van der Waals surface area contributed by atoms with Crippen LogP contribution in [0.25, 0.3) is 0 Å². The first kappa shape index (κ1) is 12.9. The third-order valence-electron chi connectivity index (χ3n) is 3.65. The number of nitrogens with two attached hydrogens (primary N) is 1. The van der Waals surface area contributed by atoms with Gasteiger partial charge in [0.15, 0.2) is 0 Å².